The lowest BCUT2D eigenvalue weighted by molar-refractivity contribution is -0.481. The van der Waals surface area contributed by atoms with E-state index in [9.17, 15) is 10.1 Å². The van der Waals surface area contributed by atoms with Crippen LogP contribution in [0.25, 0.3) is 0 Å². The van der Waals surface area contributed by atoms with Crippen molar-refractivity contribution >= 4 is 11.8 Å². The normalized spacial score (nSPS) is 15.3. The smallest absolute Gasteiger partial charge is 0.216 e. The molecule has 0 spiro atoms. The molecule has 0 aromatic carbocycles. The van der Waals surface area contributed by atoms with Crippen LogP contribution in [0.4, 0.5) is 0 Å². The minimum Gasteiger partial charge on any atom is -0.265 e. The van der Waals surface area contributed by atoms with Crippen molar-refractivity contribution < 1.29 is 4.92 Å². The van der Waals surface area contributed by atoms with Gasteiger partial charge in [-0.1, -0.05) is 41.5 Å². The van der Waals surface area contributed by atoms with Crippen molar-refractivity contribution in [3.05, 3.63) is 10.1 Å². The van der Waals surface area contributed by atoms with E-state index >= 15 is 0 Å². The van der Waals surface area contributed by atoms with Crippen LogP contribution in [0.1, 0.15) is 41.5 Å². The molecule has 4 heteroatoms. The van der Waals surface area contributed by atoms with Crippen LogP contribution in [0.5, 0.6) is 0 Å². The van der Waals surface area contributed by atoms with Gasteiger partial charge in [0, 0.05) is 9.67 Å². The molecule has 0 amide bonds. The van der Waals surface area contributed by atoms with Gasteiger partial charge in [-0.3, -0.25) is 10.1 Å². The van der Waals surface area contributed by atoms with E-state index in [0.29, 0.717) is 0 Å². The highest BCUT2D eigenvalue weighted by Crippen LogP contribution is 2.37. The van der Waals surface area contributed by atoms with E-state index in [-0.39, 0.29) is 26.9 Å². The van der Waals surface area contributed by atoms with Gasteiger partial charge in [0.2, 0.25) is 6.54 Å². The molecule has 3 nitrogen and oxygen atoms in total. The molecule has 0 heterocycles. The van der Waals surface area contributed by atoms with E-state index in [1.54, 1.807) is 11.8 Å². The van der Waals surface area contributed by atoms with Gasteiger partial charge in [0.1, 0.15) is 0 Å². The van der Waals surface area contributed by atoms with E-state index in [1.165, 1.54) is 0 Å². The summed E-state index contributed by atoms with van der Waals surface area (Å²) >= 11 is 1.70. The van der Waals surface area contributed by atoms with Gasteiger partial charge >= 0.3 is 0 Å². The van der Waals surface area contributed by atoms with Gasteiger partial charge in [0.15, 0.2) is 0 Å². The van der Waals surface area contributed by atoms with Crippen LogP contribution in [-0.2, 0) is 0 Å². The molecule has 1 atom stereocenters. The maximum Gasteiger partial charge on any atom is 0.216 e. The van der Waals surface area contributed by atoms with Gasteiger partial charge in [-0.25, -0.2) is 0 Å². The van der Waals surface area contributed by atoms with Gasteiger partial charge in [-0.15, -0.1) is 11.8 Å². The number of rotatable bonds is 3. The number of nitro groups is 1. The van der Waals surface area contributed by atoms with Crippen LogP contribution >= 0.6 is 11.8 Å². The van der Waals surface area contributed by atoms with Crippen molar-refractivity contribution in [3.63, 3.8) is 0 Å². The summed E-state index contributed by atoms with van der Waals surface area (Å²) in [6.07, 6.45) is 0. The number of hydrogen-bond acceptors (Lipinski definition) is 3. The molecule has 0 bridgehead atoms. The van der Waals surface area contributed by atoms with Gasteiger partial charge in [-0.2, -0.15) is 0 Å². The molecule has 0 saturated carbocycles. The summed E-state index contributed by atoms with van der Waals surface area (Å²) in [6.45, 7) is 12.5. The second kappa shape index (κ2) is 4.51. The molecule has 0 fully saturated rings. The van der Waals surface area contributed by atoms with Crippen molar-refractivity contribution in [1.82, 2.24) is 0 Å². The molecule has 0 aliphatic heterocycles. The van der Waals surface area contributed by atoms with Gasteiger partial charge in [0.05, 0.1) is 5.25 Å². The average Bonchev–Trinajstić information content (AvgIpc) is 1.78. The molecule has 0 rings (SSSR count). The molecule has 84 valence electrons. The zero-order valence-corrected chi connectivity index (χ0v) is 10.8. The maximum absolute atomic E-state index is 10.5. The SMILES string of the molecule is CC(C)(C)SC(C[N+](=O)[O-])C(C)(C)C. The van der Waals surface area contributed by atoms with Crippen LogP contribution in [0, 0.1) is 15.5 Å². The largest absolute Gasteiger partial charge is 0.265 e. The third kappa shape index (κ3) is 6.24. The Kier molecular flexibility index (Phi) is 4.43. The van der Waals surface area contributed by atoms with Crippen LogP contribution < -0.4 is 0 Å². The summed E-state index contributed by atoms with van der Waals surface area (Å²) in [6, 6.07) is 0. The Morgan fingerprint density at radius 3 is 1.86 bits per heavy atom. The van der Waals surface area contributed by atoms with Crippen molar-refractivity contribution in [2.45, 2.75) is 51.5 Å². The van der Waals surface area contributed by atoms with Crippen LogP contribution in [-0.4, -0.2) is 21.5 Å². The molecule has 0 radical (unpaired) electrons. The molecule has 0 aromatic heterocycles. The molecular weight excluding hydrogens is 198 g/mol. The first-order chi connectivity index (χ1) is 6.02. The number of thioether (sulfide) groups is 1. The molecular formula is C10H21NO2S. The molecule has 1 unspecified atom stereocenters. The fourth-order valence-corrected chi connectivity index (χ4v) is 2.45. The fourth-order valence-electron chi connectivity index (χ4n) is 1.05. The minimum absolute atomic E-state index is 0.0228. The summed E-state index contributed by atoms with van der Waals surface area (Å²) < 4.78 is 0.0773. The lowest BCUT2D eigenvalue weighted by atomic mass is 9.92. The zero-order chi connectivity index (χ0) is 11.6. The van der Waals surface area contributed by atoms with E-state index < -0.39 is 0 Å². The predicted molar refractivity (Wildman–Crippen MR) is 62.4 cm³/mol. The number of hydrogen-bond donors (Lipinski definition) is 0. The van der Waals surface area contributed by atoms with Crippen molar-refractivity contribution in [2.75, 3.05) is 6.54 Å². The first-order valence-corrected chi connectivity index (χ1v) is 5.70. The Bertz CT molecular complexity index is 203. The Morgan fingerprint density at radius 2 is 1.64 bits per heavy atom. The van der Waals surface area contributed by atoms with Crippen molar-refractivity contribution in [2.24, 2.45) is 5.41 Å². The molecule has 0 aromatic rings. The maximum atomic E-state index is 10.5. The lowest BCUT2D eigenvalue weighted by Gasteiger charge is -2.32. The highest BCUT2D eigenvalue weighted by Gasteiger charge is 2.33. The highest BCUT2D eigenvalue weighted by atomic mass is 32.2. The standard InChI is InChI=1S/C10H21NO2S/c1-9(2,3)8(7-11(12)13)14-10(4,5)6/h8H,7H2,1-6H3. The van der Waals surface area contributed by atoms with E-state index in [1.807, 2.05) is 0 Å². The predicted octanol–water partition coefficient (Wildman–Crippen LogP) is 3.21. The van der Waals surface area contributed by atoms with Crippen molar-refractivity contribution in [1.29, 1.82) is 0 Å². The van der Waals surface area contributed by atoms with E-state index in [0.717, 1.165) is 0 Å². The van der Waals surface area contributed by atoms with E-state index in [4.69, 9.17) is 0 Å². The van der Waals surface area contributed by atoms with Crippen molar-refractivity contribution in [3.8, 4) is 0 Å². The van der Waals surface area contributed by atoms with Gasteiger partial charge in [-0.05, 0) is 5.41 Å². The highest BCUT2D eigenvalue weighted by molar-refractivity contribution is 8.01. The third-order valence-electron chi connectivity index (χ3n) is 1.78. The number of nitrogens with zero attached hydrogens (tertiary/aromatic N) is 1. The monoisotopic (exact) mass is 219 g/mol. The van der Waals surface area contributed by atoms with Gasteiger partial charge in [0.25, 0.3) is 0 Å². The second-order valence-corrected chi connectivity index (χ2v) is 7.63. The Balaban J connectivity index is 4.50. The summed E-state index contributed by atoms with van der Waals surface area (Å²) in [7, 11) is 0. The first kappa shape index (κ1) is 13.8. The summed E-state index contributed by atoms with van der Waals surface area (Å²) in [4.78, 5) is 10.3. The quantitative estimate of drug-likeness (QED) is 0.540. The zero-order valence-electron chi connectivity index (χ0n) is 9.96. The summed E-state index contributed by atoms with van der Waals surface area (Å²) in [5.74, 6) is 0. The summed E-state index contributed by atoms with van der Waals surface area (Å²) in [5.41, 5.74) is -0.0228. The molecule has 0 aliphatic carbocycles. The Hall–Kier alpha value is -0.250. The molecule has 0 saturated heterocycles. The van der Waals surface area contributed by atoms with Crippen LogP contribution in [0.2, 0.25) is 0 Å². The van der Waals surface area contributed by atoms with E-state index in [2.05, 4.69) is 41.5 Å². The fraction of sp³-hybridized carbons (Fsp3) is 1.00. The second-order valence-electron chi connectivity index (χ2n) is 5.60. The van der Waals surface area contributed by atoms with Gasteiger partial charge < -0.3 is 0 Å². The Morgan fingerprint density at radius 1 is 1.21 bits per heavy atom. The molecule has 0 N–H and O–H groups in total. The molecule has 0 aliphatic rings. The third-order valence-corrected chi connectivity index (χ3v) is 3.62. The Labute approximate surface area is 90.8 Å². The van der Waals surface area contributed by atoms with Crippen LogP contribution in [0.15, 0.2) is 0 Å². The minimum atomic E-state index is -0.214. The average molecular weight is 219 g/mol. The summed E-state index contributed by atoms with van der Waals surface area (Å²) in [5, 5.41) is 10.6. The first-order valence-electron chi connectivity index (χ1n) is 4.82. The lowest BCUT2D eigenvalue weighted by Crippen LogP contribution is -2.33. The topological polar surface area (TPSA) is 43.1 Å². The molecule has 14 heavy (non-hydrogen) atoms. The van der Waals surface area contributed by atoms with Crippen LogP contribution in [0.3, 0.4) is 0 Å².